The van der Waals surface area contributed by atoms with Gasteiger partial charge in [-0.15, -0.1) is 0 Å². The van der Waals surface area contributed by atoms with Crippen molar-refractivity contribution in [3.63, 3.8) is 0 Å². The number of carbonyl (C=O) groups is 1. The van der Waals surface area contributed by atoms with E-state index in [0.29, 0.717) is 11.3 Å². The second-order valence-electron chi connectivity index (χ2n) is 4.11. The van der Waals surface area contributed by atoms with Gasteiger partial charge < -0.3 is 14.9 Å². The average Bonchev–Trinajstić information content (AvgIpc) is 2.47. The number of carboxylic acid groups (broad SMARTS) is 1. The first-order valence-electron chi connectivity index (χ1n) is 5.75. The molecule has 4 heteroatoms. The van der Waals surface area contributed by atoms with E-state index in [-0.39, 0.29) is 5.56 Å². The summed E-state index contributed by atoms with van der Waals surface area (Å²) >= 11 is 0. The van der Waals surface area contributed by atoms with Gasteiger partial charge in [-0.25, -0.2) is 4.79 Å². The summed E-state index contributed by atoms with van der Waals surface area (Å²) in [5.74, 6) is -0.833. The number of rotatable bonds is 4. The quantitative estimate of drug-likeness (QED) is 0.880. The summed E-state index contributed by atoms with van der Waals surface area (Å²) in [5, 5.41) is 20.0. The fraction of sp³-hybridized carbons (Fsp3) is 0.133. The van der Waals surface area contributed by atoms with Crippen LogP contribution in [0.2, 0.25) is 0 Å². The normalized spacial score (nSPS) is 13.6. The Labute approximate surface area is 110 Å². The van der Waals surface area contributed by atoms with Crippen LogP contribution >= 0.6 is 0 Å². The number of aliphatic hydroxyl groups is 1. The fourth-order valence-electron chi connectivity index (χ4n) is 1.94. The van der Waals surface area contributed by atoms with Gasteiger partial charge in [0.2, 0.25) is 5.60 Å². The van der Waals surface area contributed by atoms with Gasteiger partial charge in [-0.1, -0.05) is 42.5 Å². The molecule has 1 unspecified atom stereocenters. The highest BCUT2D eigenvalue weighted by Gasteiger charge is 2.40. The molecule has 4 nitrogen and oxygen atoms in total. The topological polar surface area (TPSA) is 66.8 Å². The van der Waals surface area contributed by atoms with Crippen molar-refractivity contribution in [3.8, 4) is 5.75 Å². The summed E-state index contributed by atoms with van der Waals surface area (Å²) < 4.78 is 5.06. The zero-order valence-electron chi connectivity index (χ0n) is 10.4. The van der Waals surface area contributed by atoms with Crippen LogP contribution in [0.3, 0.4) is 0 Å². The maximum absolute atomic E-state index is 11.5. The summed E-state index contributed by atoms with van der Waals surface area (Å²) in [7, 11) is 1.49. The van der Waals surface area contributed by atoms with Gasteiger partial charge in [0.25, 0.3) is 0 Å². The lowest BCUT2D eigenvalue weighted by Crippen LogP contribution is -2.36. The lowest BCUT2D eigenvalue weighted by Gasteiger charge is -2.24. The molecule has 0 aliphatic heterocycles. The Kier molecular flexibility index (Phi) is 3.53. The molecule has 0 aliphatic rings. The molecule has 19 heavy (non-hydrogen) atoms. The molecule has 0 aromatic heterocycles. The van der Waals surface area contributed by atoms with Crippen LogP contribution in [0.5, 0.6) is 5.75 Å². The van der Waals surface area contributed by atoms with E-state index in [1.165, 1.54) is 13.2 Å². The van der Waals surface area contributed by atoms with Crippen LogP contribution in [0.25, 0.3) is 0 Å². The molecule has 2 aromatic carbocycles. The first-order chi connectivity index (χ1) is 9.09. The highest BCUT2D eigenvalue weighted by atomic mass is 16.5. The molecule has 0 fully saturated rings. The minimum atomic E-state index is -2.09. The molecule has 0 bridgehead atoms. The summed E-state index contributed by atoms with van der Waals surface area (Å²) in [4.78, 5) is 11.5. The van der Waals surface area contributed by atoms with Crippen molar-refractivity contribution in [2.75, 3.05) is 7.11 Å². The molecular formula is C15H14O4. The summed E-state index contributed by atoms with van der Waals surface area (Å²) in [5.41, 5.74) is -1.53. The number of aliphatic carboxylic acids is 1. The SMILES string of the molecule is COc1cccc(C(O)(C(=O)O)c2ccccc2)c1. The first-order valence-corrected chi connectivity index (χ1v) is 5.75. The molecule has 0 saturated heterocycles. The molecule has 98 valence electrons. The Morgan fingerprint density at radius 1 is 1.05 bits per heavy atom. The van der Waals surface area contributed by atoms with E-state index in [0.717, 1.165) is 0 Å². The maximum atomic E-state index is 11.5. The third kappa shape index (κ3) is 2.30. The molecular weight excluding hydrogens is 244 g/mol. The fourth-order valence-corrected chi connectivity index (χ4v) is 1.94. The van der Waals surface area contributed by atoms with Gasteiger partial charge in [0.1, 0.15) is 5.75 Å². The maximum Gasteiger partial charge on any atom is 0.345 e. The van der Waals surface area contributed by atoms with E-state index in [1.54, 1.807) is 48.5 Å². The van der Waals surface area contributed by atoms with Gasteiger partial charge in [0.15, 0.2) is 0 Å². The Bertz CT molecular complexity index is 580. The Hall–Kier alpha value is -2.33. The molecule has 0 heterocycles. The number of ether oxygens (including phenoxy) is 1. The molecule has 2 N–H and O–H groups in total. The Balaban J connectivity index is 2.60. The van der Waals surface area contributed by atoms with Crippen molar-refractivity contribution in [2.45, 2.75) is 5.60 Å². The van der Waals surface area contributed by atoms with Crippen LogP contribution in [0, 0.1) is 0 Å². The van der Waals surface area contributed by atoms with Crippen molar-refractivity contribution in [3.05, 3.63) is 65.7 Å². The lowest BCUT2D eigenvalue weighted by molar-refractivity contribution is -0.155. The largest absolute Gasteiger partial charge is 0.497 e. The van der Waals surface area contributed by atoms with Crippen LogP contribution in [-0.2, 0) is 10.4 Å². The van der Waals surface area contributed by atoms with Crippen molar-refractivity contribution in [2.24, 2.45) is 0 Å². The third-order valence-electron chi connectivity index (χ3n) is 2.99. The van der Waals surface area contributed by atoms with Crippen LogP contribution in [-0.4, -0.2) is 23.3 Å². The van der Waals surface area contributed by atoms with Crippen molar-refractivity contribution in [1.29, 1.82) is 0 Å². The van der Waals surface area contributed by atoms with E-state index in [1.807, 2.05) is 0 Å². The van der Waals surface area contributed by atoms with E-state index < -0.39 is 11.6 Å². The number of benzene rings is 2. The van der Waals surface area contributed by atoms with Crippen molar-refractivity contribution >= 4 is 5.97 Å². The highest BCUT2D eigenvalue weighted by molar-refractivity contribution is 5.83. The molecule has 0 saturated carbocycles. The lowest BCUT2D eigenvalue weighted by atomic mass is 9.86. The molecule has 2 aromatic rings. The molecule has 1 atom stereocenters. The predicted octanol–water partition coefficient (Wildman–Crippen LogP) is 2.02. The Morgan fingerprint density at radius 2 is 1.68 bits per heavy atom. The van der Waals surface area contributed by atoms with Gasteiger partial charge in [0.05, 0.1) is 7.11 Å². The summed E-state index contributed by atoms with van der Waals surface area (Å²) in [6.45, 7) is 0. The molecule has 0 aliphatic carbocycles. The smallest absolute Gasteiger partial charge is 0.345 e. The van der Waals surface area contributed by atoms with Gasteiger partial charge in [-0.05, 0) is 17.7 Å². The van der Waals surface area contributed by atoms with Crippen molar-refractivity contribution < 1.29 is 19.7 Å². The monoisotopic (exact) mass is 258 g/mol. The summed E-state index contributed by atoms with van der Waals surface area (Å²) in [6.07, 6.45) is 0. The van der Waals surface area contributed by atoms with E-state index in [4.69, 9.17) is 4.74 Å². The highest BCUT2D eigenvalue weighted by Crippen LogP contribution is 2.31. The number of hydrogen-bond acceptors (Lipinski definition) is 3. The van der Waals surface area contributed by atoms with Gasteiger partial charge >= 0.3 is 5.97 Å². The first kappa shape index (κ1) is 13.1. The molecule has 0 amide bonds. The van der Waals surface area contributed by atoms with Gasteiger partial charge in [0, 0.05) is 5.56 Å². The number of carboxylic acids is 1. The molecule has 0 spiro atoms. The minimum absolute atomic E-state index is 0.255. The molecule has 2 rings (SSSR count). The Morgan fingerprint density at radius 3 is 2.26 bits per heavy atom. The minimum Gasteiger partial charge on any atom is -0.497 e. The predicted molar refractivity (Wildman–Crippen MR) is 70.1 cm³/mol. The van der Waals surface area contributed by atoms with Crippen LogP contribution in [0.4, 0.5) is 0 Å². The zero-order valence-corrected chi connectivity index (χ0v) is 10.4. The number of methoxy groups -OCH3 is 1. The number of hydrogen-bond donors (Lipinski definition) is 2. The van der Waals surface area contributed by atoms with Crippen LogP contribution in [0.15, 0.2) is 54.6 Å². The van der Waals surface area contributed by atoms with Crippen LogP contribution < -0.4 is 4.74 Å². The summed E-state index contributed by atoms with van der Waals surface area (Å²) in [6, 6.07) is 14.7. The van der Waals surface area contributed by atoms with E-state index in [2.05, 4.69) is 0 Å². The van der Waals surface area contributed by atoms with Gasteiger partial charge in [-0.3, -0.25) is 0 Å². The van der Waals surface area contributed by atoms with Gasteiger partial charge in [-0.2, -0.15) is 0 Å². The van der Waals surface area contributed by atoms with Crippen LogP contribution in [0.1, 0.15) is 11.1 Å². The van der Waals surface area contributed by atoms with E-state index >= 15 is 0 Å². The average molecular weight is 258 g/mol. The third-order valence-corrected chi connectivity index (χ3v) is 2.99. The van der Waals surface area contributed by atoms with E-state index in [9.17, 15) is 15.0 Å². The van der Waals surface area contributed by atoms with Crippen molar-refractivity contribution in [1.82, 2.24) is 0 Å². The zero-order chi connectivity index (χ0) is 13.9. The second-order valence-corrected chi connectivity index (χ2v) is 4.11. The molecule has 0 radical (unpaired) electrons. The second kappa shape index (κ2) is 5.12. The standard InChI is InChI=1S/C15H14O4/c1-19-13-9-5-8-12(10-13)15(18,14(16)17)11-6-3-2-4-7-11/h2-10,18H,1H3,(H,16,17).